The van der Waals surface area contributed by atoms with Crippen molar-refractivity contribution in [3.8, 4) is 0 Å². The van der Waals surface area contributed by atoms with Crippen LogP contribution >= 0.6 is 22.7 Å². The smallest absolute Gasteiger partial charge is 0.244 e. The van der Waals surface area contributed by atoms with Gasteiger partial charge in [-0.3, -0.25) is 4.79 Å². The number of furan rings is 1. The third kappa shape index (κ3) is 3.75. The van der Waals surface area contributed by atoms with Crippen molar-refractivity contribution in [2.24, 2.45) is 0 Å². The molecule has 3 rings (SSSR count). The number of rotatable bonds is 6. The molecule has 1 atom stereocenters. The summed E-state index contributed by atoms with van der Waals surface area (Å²) in [5, 5.41) is 9.05. The minimum Gasteiger partial charge on any atom is -0.469 e. The van der Waals surface area contributed by atoms with Gasteiger partial charge in [0.15, 0.2) is 0 Å². The van der Waals surface area contributed by atoms with Gasteiger partial charge in [0, 0.05) is 17.5 Å². The highest BCUT2D eigenvalue weighted by Gasteiger charge is 2.17. The second-order valence-electron chi connectivity index (χ2n) is 4.72. The van der Waals surface area contributed by atoms with E-state index < -0.39 is 0 Å². The first-order chi connectivity index (χ1) is 10.8. The lowest BCUT2D eigenvalue weighted by molar-refractivity contribution is -0.116. The van der Waals surface area contributed by atoms with Crippen LogP contribution in [0.3, 0.4) is 0 Å². The SMILES string of the molecule is O=C(/C=C/c1cccs1)NCC(c1ccsc1)c1ccco1. The molecule has 5 heteroatoms. The van der Waals surface area contributed by atoms with E-state index in [0.29, 0.717) is 6.54 Å². The first kappa shape index (κ1) is 14.8. The Morgan fingerprint density at radius 1 is 1.27 bits per heavy atom. The van der Waals surface area contributed by atoms with Gasteiger partial charge in [-0.2, -0.15) is 11.3 Å². The summed E-state index contributed by atoms with van der Waals surface area (Å²) in [5.41, 5.74) is 1.16. The lowest BCUT2D eigenvalue weighted by Gasteiger charge is -2.13. The van der Waals surface area contributed by atoms with E-state index in [1.165, 1.54) is 0 Å². The number of amides is 1. The summed E-state index contributed by atoms with van der Waals surface area (Å²) < 4.78 is 5.51. The van der Waals surface area contributed by atoms with E-state index in [9.17, 15) is 4.79 Å². The molecule has 0 aliphatic heterocycles. The van der Waals surface area contributed by atoms with E-state index in [4.69, 9.17) is 4.42 Å². The second-order valence-corrected chi connectivity index (χ2v) is 6.48. The minimum absolute atomic E-state index is 0.0420. The average Bonchev–Trinajstić information content (AvgIpc) is 3.27. The molecule has 3 aromatic rings. The molecule has 22 heavy (non-hydrogen) atoms. The lowest BCUT2D eigenvalue weighted by atomic mass is 9.99. The number of hydrogen-bond donors (Lipinski definition) is 1. The van der Waals surface area contributed by atoms with Crippen molar-refractivity contribution in [1.82, 2.24) is 5.32 Å². The van der Waals surface area contributed by atoms with Crippen molar-refractivity contribution < 1.29 is 9.21 Å². The monoisotopic (exact) mass is 329 g/mol. The van der Waals surface area contributed by atoms with Crippen LogP contribution in [0, 0.1) is 0 Å². The molecule has 0 radical (unpaired) electrons. The van der Waals surface area contributed by atoms with Crippen molar-refractivity contribution in [3.63, 3.8) is 0 Å². The fraction of sp³-hybridized carbons (Fsp3) is 0.118. The molecule has 0 spiro atoms. The zero-order valence-electron chi connectivity index (χ0n) is 11.8. The van der Waals surface area contributed by atoms with Gasteiger partial charge < -0.3 is 9.73 Å². The van der Waals surface area contributed by atoms with E-state index in [-0.39, 0.29) is 11.8 Å². The number of hydrogen-bond acceptors (Lipinski definition) is 4. The van der Waals surface area contributed by atoms with Gasteiger partial charge in [-0.15, -0.1) is 11.3 Å². The van der Waals surface area contributed by atoms with Gasteiger partial charge in [0.25, 0.3) is 0 Å². The maximum absolute atomic E-state index is 12.0. The van der Waals surface area contributed by atoms with Gasteiger partial charge in [0.1, 0.15) is 5.76 Å². The molecule has 3 heterocycles. The molecule has 0 saturated heterocycles. The molecule has 3 aromatic heterocycles. The van der Waals surface area contributed by atoms with E-state index in [2.05, 4.69) is 16.8 Å². The third-order valence-electron chi connectivity index (χ3n) is 3.25. The van der Waals surface area contributed by atoms with Crippen molar-refractivity contribution in [3.05, 3.63) is 75.0 Å². The van der Waals surface area contributed by atoms with Crippen molar-refractivity contribution in [1.29, 1.82) is 0 Å². The van der Waals surface area contributed by atoms with Crippen LogP contribution in [0.25, 0.3) is 6.08 Å². The molecule has 0 bridgehead atoms. The summed E-state index contributed by atoms with van der Waals surface area (Å²) in [5.74, 6) is 0.807. The highest BCUT2D eigenvalue weighted by Crippen LogP contribution is 2.26. The molecule has 0 aromatic carbocycles. The van der Waals surface area contributed by atoms with Crippen LogP contribution in [0.2, 0.25) is 0 Å². The molecular formula is C17H15NO2S2. The zero-order valence-corrected chi connectivity index (χ0v) is 13.4. The molecule has 3 nitrogen and oxygen atoms in total. The maximum Gasteiger partial charge on any atom is 0.244 e. The van der Waals surface area contributed by atoms with Crippen molar-refractivity contribution in [2.75, 3.05) is 6.54 Å². The summed E-state index contributed by atoms with van der Waals surface area (Å²) in [7, 11) is 0. The molecule has 0 saturated carbocycles. The molecule has 112 valence electrons. The Morgan fingerprint density at radius 3 is 2.91 bits per heavy atom. The van der Waals surface area contributed by atoms with Crippen LogP contribution in [-0.2, 0) is 4.79 Å². The zero-order chi connectivity index (χ0) is 15.2. The maximum atomic E-state index is 12.0. The van der Waals surface area contributed by atoms with Crippen molar-refractivity contribution >= 4 is 34.7 Å². The topological polar surface area (TPSA) is 42.2 Å². The van der Waals surface area contributed by atoms with Crippen LogP contribution in [0.4, 0.5) is 0 Å². The molecule has 1 N–H and O–H groups in total. The molecular weight excluding hydrogens is 314 g/mol. The molecule has 1 unspecified atom stereocenters. The molecule has 1 amide bonds. The van der Waals surface area contributed by atoms with Crippen LogP contribution < -0.4 is 5.32 Å². The minimum atomic E-state index is -0.0971. The Kier molecular flexibility index (Phi) is 4.88. The van der Waals surface area contributed by atoms with Gasteiger partial charge >= 0.3 is 0 Å². The normalized spacial score (nSPS) is 12.5. The van der Waals surface area contributed by atoms with Crippen LogP contribution in [0.15, 0.2) is 63.2 Å². The van der Waals surface area contributed by atoms with Crippen LogP contribution in [-0.4, -0.2) is 12.5 Å². The van der Waals surface area contributed by atoms with Crippen LogP contribution in [0.5, 0.6) is 0 Å². The first-order valence-electron chi connectivity index (χ1n) is 6.88. The van der Waals surface area contributed by atoms with Gasteiger partial charge in [0.2, 0.25) is 5.91 Å². The summed E-state index contributed by atoms with van der Waals surface area (Å²) >= 11 is 3.25. The number of thiophene rings is 2. The number of nitrogens with one attached hydrogen (secondary N) is 1. The number of carbonyl (C=O) groups is 1. The Bertz CT molecular complexity index is 679. The Balaban J connectivity index is 1.63. The second kappa shape index (κ2) is 7.24. The molecule has 0 aliphatic rings. The Labute approximate surface area is 136 Å². The van der Waals surface area contributed by atoms with Crippen LogP contribution in [0.1, 0.15) is 22.1 Å². The van der Waals surface area contributed by atoms with E-state index in [1.807, 2.05) is 41.1 Å². The fourth-order valence-corrected chi connectivity index (χ4v) is 3.48. The Morgan fingerprint density at radius 2 is 2.23 bits per heavy atom. The molecule has 0 aliphatic carbocycles. The average molecular weight is 329 g/mol. The summed E-state index contributed by atoms with van der Waals surface area (Å²) in [6.45, 7) is 0.512. The van der Waals surface area contributed by atoms with Gasteiger partial charge in [-0.05, 0) is 52.0 Å². The summed E-state index contributed by atoms with van der Waals surface area (Å²) in [6.07, 6.45) is 5.05. The highest BCUT2D eigenvalue weighted by atomic mass is 32.1. The standard InChI is InChI=1S/C17H15NO2S2/c19-17(6-5-14-3-2-9-22-14)18-11-15(13-7-10-21-12-13)16-4-1-8-20-16/h1-10,12,15H,11H2,(H,18,19)/b6-5+. The lowest BCUT2D eigenvalue weighted by Crippen LogP contribution is -2.27. The number of carbonyl (C=O) groups excluding carboxylic acids is 1. The van der Waals surface area contributed by atoms with E-state index >= 15 is 0 Å². The molecule has 0 fully saturated rings. The largest absolute Gasteiger partial charge is 0.469 e. The predicted molar refractivity (Wildman–Crippen MR) is 91.2 cm³/mol. The van der Waals surface area contributed by atoms with E-state index in [1.54, 1.807) is 35.0 Å². The summed E-state index contributed by atoms with van der Waals surface area (Å²) in [4.78, 5) is 13.0. The van der Waals surface area contributed by atoms with E-state index in [0.717, 1.165) is 16.2 Å². The fourth-order valence-electron chi connectivity index (χ4n) is 2.15. The van der Waals surface area contributed by atoms with Gasteiger partial charge in [-0.25, -0.2) is 0 Å². The summed E-state index contributed by atoms with van der Waals surface area (Å²) in [6, 6.07) is 9.81. The van der Waals surface area contributed by atoms with Crippen molar-refractivity contribution in [2.45, 2.75) is 5.92 Å². The quantitative estimate of drug-likeness (QED) is 0.683. The Hall–Kier alpha value is -2.11. The third-order valence-corrected chi connectivity index (χ3v) is 4.79. The van der Waals surface area contributed by atoms with Gasteiger partial charge in [-0.1, -0.05) is 6.07 Å². The first-order valence-corrected chi connectivity index (χ1v) is 8.70. The highest BCUT2D eigenvalue weighted by molar-refractivity contribution is 7.10. The van der Waals surface area contributed by atoms with Gasteiger partial charge in [0.05, 0.1) is 12.2 Å². The predicted octanol–water partition coefficient (Wildman–Crippen LogP) is 4.36.